The lowest BCUT2D eigenvalue weighted by molar-refractivity contribution is -0.404. The van der Waals surface area contributed by atoms with Crippen molar-refractivity contribution in [2.24, 2.45) is 0 Å². The topological polar surface area (TPSA) is 95.9 Å². The highest BCUT2D eigenvalue weighted by molar-refractivity contribution is 7.98. The maximum absolute atomic E-state index is 10.4. The van der Waals surface area contributed by atoms with Crippen LogP contribution in [0.4, 0.5) is 0 Å². The Hall–Kier alpha value is -1.70. The highest BCUT2D eigenvalue weighted by atomic mass is 32.2. The quantitative estimate of drug-likeness (QED) is 0.359. The average molecular weight is 285 g/mol. The number of nitrogens with one attached hydrogen (secondary N) is 3. The molecule has 1 heterocycles. The molecule has 0 spiro atoms. The van der Waals surface area contributed by atoms with Crippen LogP contribution in [0.1, 0.15) is 18.3 Å². The fourth-order valence-corrected chi connectivity index (χ4v) is 2.30. The van der Waals surface area contributed by atoms with E-state index in [-0.39, 0.29) is 0 Å². The van der Waals surface area contributed by atoms with Crippen molar-refractivity contribution in [3.05, 3.63) is 39.9 Å². The molecular weight excluding hydrogens is 266 g/mol. The van der Waals surface area contributed by atoms with Gasteiger partial charge in [-0.2, -0.15) is 11.8 Å². The van der Waals surface area contributed by atoms with Crippen molar-refractivity contribution < 1.29 is 4.92 Å². The van der Waals surface area contributed by atoms with Gasteiger partial charge in [0.15, 0.2) is 5.82 Å². The Balaban J connectivity index is 2.22. The Morgan fingerprint density at radius 1 is 1.63 bits per heavy atom. The molecule has 1 aromatic rings. The number of hydrogen-bond acceptors (Lipinski definition) is 6. The van der Waals surface area contributed by atoms with Gasteiger partial charge in [-0.3, -0.25) is 10.1 Å². The summed E-state index contributed by atoms with van der Waals surface area (Å²) >= 11 is 1.75. The van der Waals surface area contributed by atoms with Crippen LogP contribution in [0.5, 0.6) is 0 Å². The van der Waals surface area contributed by atoms with Crippen molar-refractivity contribution in [1.29, 1.82) is 0 Å². The monoisotopic (exact) mass is 285 g/mol. The molecule has 106 valence electrons. The van der Waals surface area contributed by atoms with Gasteiger partial charge in [0.2, 0.25) is 0 Å². The van der Waals surface area contributed by atoms with Crippen LogP contribution in [0.3, 0.4) is 0 Å². The molecule has 7 nitrogen and oxygen atoms in total. The molecule has 0 amide bonds. The van der Waals surface area contributed by atoms with E-state index in [0.717, 1.165) is 29.1 Å². The van der Waals surface area contributed by atoms with Crippen molar-refractivity contribution in [3.63, 3.8) is 0 Å². The molecule has 0 saturated heterocycles. The Labute approximate surface area is 116 Å². The molecule has 0 atom stereocenters. The van der Waals surface area contributed by atoms with Gasteiger partial charge in [0, 0.05) is 30.3 Å². The molecule has 0 unspecified atom stereocenters. The summed E-state index contributed by atoms with van der Waals surface area (Å²) in [5.41, 5.74) is 2.14. The van der Waals surface area contributed by atoms with E-state index in [4.69, 9.17) is 0 Å². The number of aryl methyl sites for hydroxylation is 1. The summed E-state index contributed by atoms with van der Waals surface area (Å²) in [6.45, 7) is 5.18. The third-order valence-electron chi connectivity index (χ3n) is 2.34. The summed E-state index contributed by atoms with van der Waals surface area (Å²) in [6, 6.07) is 0. The van der Waals surface area contributed by atoms with Crippen LogP contribution in [0, 0.1) is 17.0 Å². The van der Waals surface area contributed by atoms with Crippen molar-refractivity contribution in [2.45, 2.75) is 19.6 Å². The lowest BCUT2D eigenvalue weighted by atomic mass is 10.4. The second kappa shape index (κ2) is 8.41. The SMILES string of the molecule is CCN/C(=C/[N+](=O)[O-])NCCSCc1[nH]cnc1C. The first-order valence-electron chi connectivity index (χ1n) is 6.03. The van der Waals surface area contributed by atoms with E-state index in [1.165, 1.54) is 0 Å². The van der Waals surface area contributed by atoms with E-state index in [2.05, 4.69) is 20.6 Å². The molecule has 3 N–H and O–H groups in total. The Kier molecular flexibility index (Phi) is 6.80. The standard InChI is InChI=1S/C11H19N5O2S/c1-3-12-11(6-16(17)18)13-4-5-19-7-10-9(2)14-8-15-10/h6,8,12-13H,3-5,7H2,1-2H3,(H,14,15)/b11-6-. The van der Waals surface area contributed by atoms with Gasteiger partial charge in [-0.1, -0.05) is 0 Å². The lowest BCUT2D eigenvalue weighted by Gasteiger charge is -2.09. The normalized spacial score (nSPS) is 11.4. The number of imidazole rings is 1. The van der Waals surface area contributed by atoms with Gasteiger partial charge in [-0.25, -0.2) is 4.98 Å². The highest BCUT2D eigenvalue weighted by Crippen LogP contribution is 2.11. The number of aromatic amines is 1. The fourth-order valence-electron chi connectivity index (χ4n) is 1.42. The zero-order valence-corrected chi connectivity index (χ0v) is 11.9. The molecule has 19 heavy (non-hydrogen) atoms. The first-order chi connectivity index (χ1) is 9.13. The minimum Gasteiger partial charge on any atom is -0.367 e. The number of rotatable bonds is 9. The van der Waals surface area contributed by atoms with Gasteiger partial charge >= 0.3 is 0 Å². The smallest absolute Gasteiger partial charge is 0.274 e. The molecule has 0 aliphatic heterocycles. The van der Waals surface area contributed by atoms with Crippen molar-refractivity contribution in [1.82, 2.24) is 20.6 Å². The molecule has 0 aromatic carbocycles. The van der Waals surface area contributed by atoms with E-state index in [1.54, 1.807) is 18.1 Å². The van der Waals surface area contributed by atoms with Gasteiger partial charge in [0.1, 0.15) is 0 Å². The largest absolute Gasteiger partial charge is 0.367 e. The van der Waals surface area contributed by atoms with Crippen LogP contribution >= 0.6 is 11.8 Å². The van der Waals surface area contributed by atoms with Gasteiger partial charge in [0.25, 0.3) is 6.20 Å². The van der Waals surface area contributed by atoms with Gasteiger partial charge in [-0.05, 0) is 13.8 Å². The molecule has 1 aromatic heterocycles. The minimum absolute atomic E-state index is 0.450. The molecule has 8 heteroatoms. The van der Waals surface area contributed by atoms with Crippen LogP contribution in [-0.2, 0) is 5.75 Å². The van der Waals surface area contributed by atoms with Gasteiger partial charge < -0.3 is 15.6 Å². The van der Waals surface area contributed by atoms with Crippen molar-refractivity contribution >= 4 is 11.8 Å². The predicted octanol–water partition coefficient (Wildman–Crippen LogP) is 1.23. The van der Waals surface area contributed by atoms with E-state index >= 15 is 0 Å². The van der Waals surface area contributed by atoms with Gasteiger partial charge in [0.05, 0.1) is 16.9 Å². The average Bonchev–Trinajstić information content (AvgIpc) is 2.74. The molecule has 1 rings (SSSR count). The van der Waals surface area contributed by atoms with Crippen LogP contribution in [0.25, 0.3) is 0 Å². The summed E-state index contributed by atoms with van der Waals surface area (Å²) in [7, 11) is 0. The summed E-state index contributed by atoms with van der Waals surface area (Å²) < 4.78 is 0. The molecule has 0 bridgehead atoms. The Bertz CT molecular complexity index is 432. The lowest BCUT2D eigenvalue weighted by Crippen LogP contribution is -2.28. The summed E-state index contributed by atoms with van der Waals surface area (Å²) in [6.07, 6.45) is 2.64. The van der Waals surface area contributed by atoms with Gasteiger partial charge in [-0.15, -0.1) is 0 Å². The Morgan fingerprint density at radius 2 is 2.42 bits per heavy atom. The van der Waals surface area contributed by atoms with Crippen LogP contribution in [0.2, 0.25) is 0 Å². The number of nitro groups is 1. The number of nitrogens with zero attached hydrogens (tertiary/aromatic N) is 2. The number of thioether (sulfide) groups is 1. The van der Waals surface area contributed by atoms with E-state index in [0.29, 0.717) is 18.9 Å². The van der Waals surface area contributed by atoms with Crippen LogP contribution in [0.15, 0.2) is 18.3 Å². The number of hydrogen-bond donors (Lipinski definition) is 3. The molecule has 0 fully saturated rings. The van der Waals surface area contributed by atoms with Crippen LogP contribution < -0.4 is 10.6 Å². The maximum atomic E-state index is 10.4. The summed E-state index contributed by atoms with van der Waals surface area (Å²) in [5.74, 6) is 2.17. The number of aromatic nitrogens is 2. The maximum Gasteiger partial charge on any atom is 0.274 e. The summed E-state index contributed by atoms with van der Waals surface area (Å²) in [5, 5.41) is 16.3. The molecule has 0 aliphatic carbocycles. The zero-order valence-electron chi connectivity index (χ0n) is 11.1. The van der Waals surface area contributed by atoms with Crippen LogP contribution in [-0.4, -0.2) is 33.7 Å². The number of H-pyrrole nitrogens is 1. The summed E-state index contributed by atoms with van der Waals surface area (Å²) in [4.78, 5) is 17.1. The highest BCUT2D eigenvalue weighted by Gasteiger charge is 2.02. The third-order valence-corrected chi connectivity index (χ3v) is 3.33. The molecule has 0 aliphatic rings. The van der Waals surface area contributed by atoms with Crippen molar-refractivity contribution in [3.8, 4) is 0 Å². The Morgan fingerprint density at radius 3 is 3.00 bits per heavy atom. The zero-order chi connectivity index (χ0) is 14.1. The first kappa shape index (κ1) is 15.4. The molecular formula is C11H19N5O2S. The molecule has 0 saturated carbocycles. The van der Waals surface area contributed by atoms with E-state index in [9.17, 15) is 10.1 Å². The second-order valence-corrected chi connectivity index (χ2v) is 4.91. The second-order valence-electron chi connectivity index (χ2n) is 3.80. The molecule has 0 radical (unpaired) electrons. The first-order valence-corrected chi connectivity index (χ1v) is 7.18. The predicted molar refractivity (Wildman–Crippen MR) is 76.2 cm³/mol. The minimum atomic E-state index is -0.466. The van der Waals surface area contributed by atoms with Crippen molar-refractivity contribution in [2.75, 3.05) is 18.8 Å². The van der Waals surface area contributed by atoms with E-state index < -0.39 is 4.92 Å². The fraction of sp³-hybridized carbons (Fsp3) is 0.545. The van der Waals surface area contributed by atoms with E-state index in [1.807, 2.05) is 13.8 Å². The third kappa shape index (κ3) is 6.14.